The molecule has 1 aromatic carbocycles. The Morgan fingerprint density at radius 1 is 1.04 bits per heavy atom. The first-order valence-corrected chi connectivity index (χ1v) is 7.53. The highest BCUT2D eigenvalue weighted by molar-refractivity contribution is 5.81. The first-order valence-electron chi connectivity index (χ1n) is 7.53. The Morgan fingerprint density at radius 3 is 2.70 bits per heavy atom. The van der Waals surface area contributed by atoms with Crippen LogP contribution in [0.25, 0.3) is 27.9 Å². The third-order valence-electron chi connectivity index (χ3n) is 4.11. The van der Waals surface area contributed by atoms with Crippen molar-refractivity contribution in [1.29, 1.82) is 0 Å². The van der Waals surface area contributed by atoms with Gasteiger partial charge in [0.2, 0.25) is 0 Å². The summed E-state index contributed by atoms with van der Waals surface area (Å²) in [5.41, 5.74) is 5.01. The van der Waals surface area contributed by atoms with Gasteiger partial charge in [-0.25, -0.2) is 4.98 Å². The summed E-state index contributed by atoms with van der Waals surface area (Å²) in [6.45, 7) is 5.74. The number of imidazole rings is 1. The lowest BCUT2D eigenvalue weighted by molar-refractivity contribution is 0.613. The first kappa shape index (κ1) is 13.8. The standard InChI is InChI=1S/C19H16N2O2/c1-11-4-6-16-15(8-11)18(22)13(3)19(23-16)14-5-7-17-20-12(2)9-21(17)10-14/h4-10H,1-3H3. The molecule has 0 unspecified atom stereocenters. The third kappa shape index (κ3) is 2.14. The van der Waals surface area contributed by atoms with Crippen LogP contribution in [0.4, 0.5) is 0 Å². The summed E-state index contributed by atoms with van der Waals surface area (Å²) in [7, 11) is 0. The number of fused-ring (bicyclic) bond motifs is 2. The van der Waals surface area contributed by atoms with Crippen molar-refractivity contribution in [2.24, 2.45) is 0 Å². The van der Waals surface area contributed by atoms with Gasteiger partial charge in [-0.1, -0.05) is 11.6 Å². The minimum Gasteiger partial charge on any atom is -0.455 e. The number of hydrogen-bond donors (Lipinski definition) is 0. The fourth-order valence-electron chi connectivity index (χ4n) is 2.93. The number of nitrogens with zero attached hydrogens (tertiary/aromatic N) is 2. The molecule has 0 aliphatic heterocycles. The Morgan fingerprint density at radius 2 is 1.87 bits per heavy atom. The number of aryl methyl sites for hydroxylation is 2. The molecule has 0 atom stereocenters. The van der Waals surface area contributed by atoms with Gasteiger partial charge in [-0.3, -0.25) is 4.79 Å². The topological polar surface area (TPSA) is 47.5 Å². The van der Waals surface area contributed by atoms with Crippen LogP contribution in [0.1, 0.15) is 16.8 Å². The van der Waals surface area contributed by atoms with Gasteiger partial charge in [-0.05, 0) is 45.0 Å². The SMILES string of the molecule is Cc1ccc2oc(-c3ccc4nc(C)cn4c3)c(C)c(=O)c2c1. The van der Waals surface area contributed by atoms with E-state index in [1.807, 2.05) is 67.9 Å². The molecule has 23 heavy (non-hydrogen) atoms. The quantitative estimate of drug-likeness (QED) is 0.533. The van der Waals surface area contributed by atoms with Crippen LogP contribution in [-0.4, -0.2) is 9.38 Å². The molecule has 0 fully saturated rings. The average molecular weight is 304 g/mol. The van der Waals surface area contributed by atoms with E-state index in [4.69, 9.17) is 4.42 Å². The normalized spacial score (nSPS) is 11.4. The van der Waals surface area contributed by atoms with Crippen molar-refractivity contribution in [3.05, 3.63) is 69.8 Å². The van der Waals surface area contributed by atoms with Gasteiger partial charge in [0.05, 0.1) is 11.1 Å². The summed E-state index contributed by atoms with van der Waals surface area (Å²) in [4.78, 5) is 17.1. The molecule has 0 spiro atoms. The van der Waals surface area contributed by atoms with Crippen LogP contribution < -0.4 is 5.43 Å². The van der Waals surface area contributed by atoms with Crippen molar-refractivity contribution in [2.45, 2.75) is 20.8 Å². The molecule has 114 valence electrons. The molecule has 4 aromatic rings. The molecule has 0 radical (unpaired) electrons. The van der Waals surface area contributed by atoms with E-state index < -0.39 is 0 Å². The van der Waals surface area contributed by atoms with Crippen LogP contribution in [0.2, 0.25) is 0 Å². The first-order chi connectivity index (χ1) is 11.0. The lowest BCUT2D eigenvalue weighted by atomic mass is 10.1. The van der Waals surface area contributed by atoms with Crippen molar-refractivity contribution in [1.82, 2.24) is 9.38 Å². The molecule has 0 saturated carbocycles. The Balaban J connectivity index is 2.01. The number of benzene rings is 1. The van der Waals surface area contributed by atoms with Crippen molar-refractivity contribution in [3.63, 3.8) is 0 Å². The van der Waals surface area contributed by atoms with Crippen molar-refractivity contribution >= 4 is 16.6 Å². The van der Waals surface area contributed by atoms with Crippen LogP contribution in [0.5, 0.6) is 0 Å². The predicted molar refractivity (Wildman–Crippen MR) is 90.9 cm³/mol. The Labute approximate surface area is 133 Å². The molecule has 0 aliphatic carbocycles. The highest BCUT2D eigenvalue weighted by atomic mass is 16.3. The zero-order chi connectivity index (χ0) is 16.1. The third-order valence-corrected chi connectivity index (χ3v) is 4.11. The van der Waals surface area contributed by atoms with E-state index in [1.54, 1.807) is 0 Å². The molecular formula is C19H16N2O2. The van der Waals surface area contributed by atoms with E-state index in [0.717, 1.165) is 22.5 Å². The van der Waals surface area contributed by atoms with Crippen molar-refractivity contribution in [3.8, 4) is 11.3 Å². The molecular weight excluding hydrogens is 288 g/mol. The van der Waals surface area contributed by atoms with E-state index in [0.29, 0.717) is 22.3 Å². The number of hydrogen-bond acceptors (Lipinski definition) is 3. The minimum absolute atomic E-state index is 0.0202. The van der Waals surface area contributed by atoms with Gasteiger partial charge in [-0.15, -0.1) is 0 Å². The molecule has 4 heteroatoms. The highest BCUT2D eigenvalue weighted by Crippen LogP contribution is 2.26. The summed E-state index contributed by atoms with van der Waals surface area (Å²) in [5, 5.41) is 0.630. The van der Waals surface area contributed by atoms with Crippen molar-refractivity contribution < 1.29 is 4.42 Å². The number of rotatable bonds is 1. The van der Waals surface area contributed by atoms with Gasteiger partial charge in [0, 0.05) is 23.5 Å². The van der Waals surface area contributed by atoms with Gasteiger partial charge in [0.25, 0.3) is 0 Å². The Bertz CT molecular complexity index is 1120. The van der Waals surface area contributed by atoms with E-state index in [1.165, 1.54) is 0 Å². The number of pyridine rings is 1. The van der Waals surface area contributed by atoms with Crippen LogP contribution in [0.15, 0.2) is 51.9 Å². The second kappa shape index (κ2) is 4.81. The predicted octanol–water partition coefficient (Wildman–Crippen LogP) is 4.03. The van der Waals surface area contributed by atoms with E-state index >= 15 is 0 Å². The zero-order valence-corrected chi connectivity index (χ0v) is 13.3. The molecule has 0 aliphatic rings. The maximum atomic E-state index is 12.7. The van der Waals surface area contributed by atoms with Gasteiger partial charge >= 0.3 is 0 Å². The molecule has 4 rings (SSSR count). The summed E-state index contributed by atoms with van der Waals surface area (Å²) < 4.78 is 7.98. The van der Waals surface area contributed by atoms with Gasteiger partial charge < -0.3 is 8.82 Å². The second-order valence-corrected chi connectivity index (χ2v) is 5.95. The summed E-state index contributed by atoms with van der Waals surface area (Å²) >= 11 is 0. The van der Waals surface area contributed by atoms with E-state index in [9.17, 15) is 4.79 Å². The molecule has 0 amide bonds. The minimum atomic E-state index is 0.0202. The zero-order valence-electron chi connectivity index (χ0n) is 13.3. The maximum absolute atomic E-state index is 12.7. The lowest BCUT2D eigenvalue weighted by Crippen LogP contribution is -2.07. The molecule has 0 N–H and O–H groups in total. The summed E-state index contributed by atoms with van der Waals surface area (Å²) in [5.74, 6) is 0.611. The Kier molecular flexibility index (Phi) is 2.88. The molecule has 4 nitrogen and oxygen atoms in total. The van der Waals surface area contributed by atoms with Crippen LogP contribution in [0.3, 0.4) is 0 Å². The number of aromatic nitrogens is 2. The van der Waals surface area contributed by atoms with Crippen LogP contribution in [0, 0.1) is 20.8 Å². The Hall–Kier alpha value is -2.88. The maximum Gasteiger partial charge on any atom is 0.196 e. The largest absolute Gasteiger partial charge is 0.455 e. The van der Waals surface area contributed by atoms with Crippen LogP contribution >= 0.6 is 0 Å². The van der Waals surface area contributed by atoms with Gasteiger partial charge in [-0.2, -0.15) is 0 Å². The van der Waals surface area contributed by atoms with E-state index in [-0.39, 0.29) is 5.43 Å². The van der Waals surface area contributed by atoms with Crippen molar-refractivity contribution in [2.75, 3.05) is 0 Å². The van der Waals surface area contributed by atoms with E-state index in [2.05, 4.69) is 4.98 Å². The fraction of sp³-hybridized carbons (Fsp3) is 0.158. The highest BCUT2D eigenvalue weighted by Gasteiger charge is 2.13. The summed E-state index contributed by atoms with van der Waals surface area (Å²) in [6, 6.07) is 9.55. The van der Waals surface area contributed by atoms with Gasteiger partial charge in [0.1, 0.15) is 17.0 Å². The second-order valence-electron chi connectivity index (χ2n) is 5.95. The van der Waals surface area contributed by atoms with Gasteiger partial charge in [0.15, 0.2) is 5.43 Å². The van der Waals surface area contributed by atoms with Crippen LogP contribution in [-0.2, 0) is 0 Å². The monoisotopic (exact) mass is 304 g/mol. The molecule has 0 bridgehead atoms. The molecule has 0 saturated heterocycles. The molecule has 3 aromatic heterocycles. The summed E-state index contributed by atoms with van der Waals surface area (Å²) in [6.07, 6.45) is 3.90. The molecule has 3 heterocycles. The fourth-order valence-corrected chi connectivity index (χ4v) is 2.93. The average Bonchev–Trinajstić information content (AvgIpc) is 2.90. The lowest BCUT2D eigenvalue weighted by Gasteiger charge is -2.08. The smallest absolute Gasteiger partial charge is 0.196 e.